The van der Waals surface area contributed by atoms with E-state index in [-0.39, 0.29) is 18.5 Å². The number of carbonyl (C=O) groups is 1. The molecule has 0 aliphatic carbocycles. The Morgan fingerprint density at radius 2 is 2.00 bits per heavy atom. The van der Waals surface area contributed by atoms with Crippen LogP contribution in [0.15, 0.2) is 30.3 Å². The average molecular weight is 301 g/mol. The number of nitrogens with one attached hydrogen (secondary N) is 1. The number of alkyl carbamates (subject to hydrolysis) is 1. The number of hydrogen-bond donors (Lipinski definition) is 1. The van der Waals surface area contributed by atoms with Gasteiger partial charge in [0.1, 0.15) is 6.61 Å². The van der Waals surface area contributed by atoms with Crippen molar-refractivity contribution in [1.29, 1.82) is 0 Å². The summed E-state index contributed by atoms with van der Waals surface area (Å²) < 4.78 is 5.11. The molecule has 1 N–H and O–H groups in total. The molecular formula is C15H25ClN2O2. The van der Waals surface area contributed by atoms with Crippen LogP contribution < -0.4 is 5.32 Å². The van der Waals surface area contributed by atoms with Crippen molar-refractivity contribution in [3.63, 3.8) is 0 Å². The molecule has 0 fully saturated rings. The van der Waals surface area contributed by atoms with Gasteiger partial charge in [-0.2, -0.15) is 0 Å². The van der Waals surface area contributed by atoms with Gasteiger partial charge in [0.15, 0.2) is 0 Å². The molecule has 5 heteroatoms. The van der Waals surface area contributed by atoms with Gasteiger partial charge < -0.3 is 10.1 Å². The second-order valence-corrected chi connectivity index (χ2v) is 4.64. The van der Waals surface area contributed by atoms with Gasteiger partial charge in [0.05, 0.1) is 0 Å². The van der Waals surface area contributed by atoms with Crippen LogP contribution in [-0.2, 0) is 11.3 Å². The highest BCUT2D eigenvalue weighted by atomic mass is 35.5. The number of likely N-dealkylation sites (N-methyl/N-ethyl adjacent to an activating group) is 1. The van der Waals surface area contributed by atoms with E-state index < -0.39 is 0 Å². The molecule has 0 heterocycles. The highest BCUT2D eigenvalue weighted by Gasteiger charge is 2.03. The van der Waals surface area contributed by atoms with Gasteiger partial charge in [-0.15, -0.1) is 12.4 Å². The first-order valence-electron chi connectivity index (χ1n) is 6.85. The van der Waals surface area contributed by atoms with Crippen LogP contribution in [0.5, 0.6) is 0 Å². The third-order valence-corrected chi connectivity index (χ3v) is 2.80. The van der Waals surface area contributed by atoms with Crippen LogP contribution in [0.25, 0.3) is 0 Å². The van der Waals surface area contributed by atoms with Crippen molar-refractivity contribution in [2.75, 3.05) is 26.7 Å². The molecule has 1 rings (SSSR count). The molecule has 4 nitrogen and oxygen atoms in total. The molecule has 114 valence electrons. The minimum absolute atomic E-state index is 0. The molecule has 0 radical (unpaired) electrons. The molecule has 1 aromatic rings. The monoisotopic (exact) mass is 300 g/mol. The summed E-state index contributed by atoms with van der Waals surface area (Å²) in [5.41, 5.74) is 1.26. The lowest BCUT2D eigenvalue weighted by Crippen LogP contribution is -2.29. The molecule has 0 atom stereocenters. The van der Waals surface area contributed by atoms with Crippen LogP contribution in [-0.4, -0.2) is 37.7 Å². The smallest absolute Gasteiger partial charge is 0.407 e. The number of ether oxygens (including phenoxy) is 1. The van der Waals surface area contributed by atoms with Crippen molar-refractivity contribution in [1.82, 2.24) is 10.2 Å². The van der Waals surface area contributed by atoms with E-state index in [1.807, 2.05) is 25.2 Å². The zero-order chi connectivity index (χ0) is 13.9. The summed E-state index contributed by atoms with van der Waals surface area (Å²) in [4.78, 5) is 13.4. The number of unbranched alkanes of at least 4 members (excludes halogenated alkanes) is 1. The van der Waals surface area contributed by atoms with E-state index in [1.165, 1.54) is 5.56 Å². The zero-order valence-corrected chi connectivity index (χ0v) is 13.1. The van der Waals surface area contributed by atoms with Crippen molar-refractivity contribution in [3.05, 3.63) is 35.9 Å². The summed E-state index contributed by atoms with van der Waals surface area (Å²) in [6, 6.07) is 10.2. The first kappa shape index (κ1) is 18.7. The molecule has 0 bridgehead atoms. The van der Waals surface area contributed by atoms with Gasteiger partial charge in [0, 0.05) is 19.6 Å². The SMILES string of the molecule is CCCCNC(=O)OCCN(C)Cc1ccccc1.Cl. The zero-order valence-electron chi connectivity index (χ0n) is 12.3. The van der Waals surface area contributed by atoms with E-state index in [9.17, 15) is 4.79 Å². The summed E-state index contributed by atoms with van der Waals surface area (Å²) in [6.45, 7) is 4.79. The third kappa shape index (κ3) is 8.77. The third-order valence-electron chi connectivity index (χ3n) is 2.80. The molecule has 0 aromatic heterocycles. The fourth-order valence-corrected chi connectivity index (χ4v) is 1.69. The van der Waals surface area contributed by atoms with Crippen molar-refractivity contribution in [3.8, 4) is 0 Å². The topological polar surface area (TPSA) is 41.6 Å². The van der Waals surface area contributed by atoms with E-state index >= 15 is 0 Å². The highest BCUT2D eigenvalue weighted by Crippen LogP contribution is 2.01. The lowest BCUT2D eigenvalue weighted by atomic mass is 10.2. The van der Waals surface area contributed by atoms with E-state index in [2.05, 4.69) is 29.3 Å². The Bertz CT molecular complexity index is 360. The Morgan fingerprint density at radius 3 is 2.65 bits per heavy atom. The molecule has 1 aromatic carbocycles. The van der Waals surface area contributed by atoms with Gasteiger partial charge >= 0.3 is 6.09 Å². The maximum atomic E-state index is 11.3. The maximum Gasteiger partial charge on any atom is 0.407 e. The van der Waals surface area contributed by atoms with Gasteiger partial charge in [0.2, 0.25) is 0 Å². The van der Waals surface area contributed by atoms with Crippen LogP contribution in [0, 0.1) is 0 Å². The van der Waals surface area contributed by atoms with Gasteiger partial charge in [-0.25, -0.2) is 4.79 Å². The number of carbonyl (C=O) groups excluding carboxylic acids is 1. The maximum absolute atomic E-state index is 11.3. The fourth-order valence-electron chi connectivity index (χ4n) is 1.69. The number of rotatable bonds is 8. The molecule has 0 saturated heterocycles. The molecule has 0 spiro atoms. The summed E-state index contributed by atoms with van der Waals surface area (Å²) in [6.07, 6.45) is 1.74. The van der Waals surface area contributed by atoms with Crippen LogP contribution in [0.1, 0.15) is 25.3 Å². The molecule has 0 unspecified atom stereocenters. The minimum atomic E-state index is -0.318. The molecular weight excluding hydrogens is 276 g/mol. The Balaban J connectivity index is 0.00000361. The minimum Gasteiger partial charge on any atom is -0.448 e. The summed E-state index contributed by atoms with van der Waals surface area (Å²) in [7, 11) is 2.02. The summed E-state index contributed by atoms with van der Waals surface area (Å²) >= 11 is 0. The fraction of sp³-hybridized carbons (Fsp3) is 0.533. The lowest BCUT2D eigenvalue weighted by molar-refractivity contribution is 0.131. The number of halogens is 1. The van der Waals surface area contributed by atoms with Gasteiger partial charge in [-0.1, -0.05) is 43.7 Å². The number of nitrogens with zero attached hydrogens (tertiary/aromatic N) is 1. The van der Waals surface area contributed by atoms with Crippen LogP contribution in [0.3, 0.4) is 0 Å². The average Bonchev–Trinajstić information content (AvgIpc) is 2.40. The van der Waals surface area contributed by atoms with E-state index in [4.69, 9.17) is 4.74 Å². The van der Waals surface area contributed by atoms with Gasteiger partial charge in [-0.3, -0.25) is 4.90 Å². The first-order chi connectivity index (χ1) is 9.22. The highest BCUT2D eigenvalue weighted by molar-refractivity contribution is 5.85. The molecule has 0 aliphatic rings. The van der Waals surface area contributed by atoms with Crippen LogP contribution in [0.4, 0.5) is 4.79 Å². The summed E-state index contributed by atoms with van der Waals surface area (Å²) in [5, 5.41) is 2.73. The van der Waals surface area contributed by atoms with Crippen LogP contribution in [0.2, 0.25) is 0 Å². The Labute approximate surface area is 127 Å². The largest absolute Gasteiger partial charge is 0.448 e. The van der Waals surface area contributed by atoms with Crippen molar-refractivity contribution in [2.45, 2.75) is 26.3 Å². The van der Waals surface area contributed by atoms with E-state index in [0.29, 0.717) is 13.2 Å². The molecule has 0 saturated carbocycles. The second kappa shape index (κ2) is 11.6. The van der Waals surface area contributed by atoms with Crippen molar-refractivity contribution >= 4 is 18.5 Å². The lowest BCUT2D eigenvalue weighted by Gasteiger charge is -2.16. The van der Waals surface area contributed by atoms with E-state index in [0.717, 1.165) is 25.9 Å². The Hall–Kier alpha value is -1.26. The number of benzene rings is 1. The molecule has 0 aliphatic heterocycles. The quantitative estimate of drug-likeness (QED) is 0.750. The number of amides is 1. The molecule has 20 heavy (non-hydrogen) atoms. The van der Waals surface area contributed by atoms with E-state index in [1.54, 1.807) is 0 Å². The second-order valence-electron chi connectivity index (χ2n) is 4.64. The van der Waals surface area contributed by atoms with Crippen molar-refractivity contribution in [2.24, 2.45) is 0 Å². The van der Waals surface area contributed by atoms with Crippen molar-refractivity contribution < 1.29 is 9.53 Å². The Morgan fingerprint density at radius 1 is 1.30 bits per heavy atom. The predicted octanol–water partition coefficient (Wildman–Crippen LogP) is 3.07. The predicted molar refractivity (Wildman–Crippen MR) is 84.3 cm³/mol. The number of hydrogen-bond acceptors (Lipinski definition) is 3. The first-order valence-corrected chi connectivity index (χ1v) is 6.85. The normalized spacial score (nSPS) is 9.95. The Kier molecular flexibility index (Phi) is 10.8. The van der Waals surface area contributed by atoms with Gasteiger partial charge in [0.25, 0.3) is 0 Å². The molecule has 1 amide bonds. The van der Waals surface area contributed by atoms with Crippen LogP contribution >= 0.6 is 12.4 Å². The van der Waals surface area contributed by atoms with Gasteiger partial charge in [-0.05, 0) is 19.0 Å². The standard InChI is InChI=1S/C15H24N2O2.ClH/c1-3-4-10-16-15(18)19-12-11-17(2)13-14-8-6-5-7-9-14;/h5-9H,3-4,10-13H2,1-2H3,(H,16,18);1H. The summed E-state index contributed by atoms with van der Waals surface area (Å²) in [5.74, 6) is 0.